The van der Waals surface area contributed by atoms with Crippen LogP contribution in [-0.2, 0) is 6.54 Å². The Balaban J connectivity index is 1.90. The molecule has 100 valence electrons. The van der Waals surface area contributed by atoms with E-state index < -0.39 is 0 Å². The zero-order chi connectivity index (χ0) is 13.8. The van der Waals surface area contributed by atoms with Crippen LogP contribution in [0.4, 0.5) is 0 Å². The topological polar surface area (TPSA) is 82.5 Å². The van der Waals surface area contributed by atoms with Gasteiger partial charge in [-0.3, -0.25) is 4.98 Å². The van der Waals surface area contributed by atoms with Crippen LogP contribution in [0.15, 0.2) is 58.7 Å². The molecular weight excluding hydrogens is 272 g/mol. The highest BCUT2D eigenvalue weighted by atomic mass is 32.2. The maximum atomic E-state index is 5.60. The van der Waals surface area contributed by atoms with Crippen LogP contribution in [0, 0.1) is 0 Å². The highest BCUT2D eigenvalue weighted by Gasteiger charge is 2.10. The normalized spacial score (nSPS) is 10.7. The number of aromatic nitrogens is 5. The Kier molecular flexibility index (Phi) is 3.71. The van der Waals surface area contributed by atoms with Gasteiger partial charge in [0.05, 0.1) is 11.4 Å². The third-order valence-electron chi connectivity index (χ3n) is 2.65. The highest BCUT2D eigenvalue weighted by molar-refractivity contribution is 7.99. The van der Waals surface area contributed by atoms with Crippen LogP contribution in [0.3, 0.4) is 0 Å². The van der Waals surface area contributed by atoms with Gasteiger partial charge < -0.3 is 5.73 Å². The summed E-state index contributed by atoms with van der Waals surface area (Å²) in [5.74, 6) is 0. The Morgan fingerprint density at radius 2 is 2.00 bits per heavy atom. The maximum absolute atomic E-state index is 5.60. The maximum Gasteiger partial charge on any atom is 0.218 e. The average Bonchev–Trinajstić information content (AvgIpc) is 2.96. The molecule has 0 aliphatic carbocycles. The summed E-state index contributed by atoms with van der Waals surface area (Å²) in [6.45, 7) is 0.415. The Hall–Kier alpha value is -2.25. The fraction of sp³-hybridized carbons (Fsp3) is 0.0769. The minimum Gasteiger partial charge on any atom is -0.325 e. The second-order valence-corrected chi connectivity index (χ2v) is 5.04. The minimum absolute atomic E-state index is 0.415. The zero-order valence-electron chi connectivity index (χ0n) is 10.5. The Morgan fingerprint density at radius 1 is 1.15 bits per heavy atom. The standard InChI is InChI=1S/C13H12N6S/c14-9-10-8-12(6-7-15-10)20-13-16-17-18-19(13)11-4-2-1-3-5-11/h1-8H,9,14H2. The van der Waals surface area contributed by atoms with Gasteiger partial charge in [-0.25, -0.2) is 0 Å². The first kappa shape index (κ1) is 12.8. The second kappa shape index (κ2) is 5.81. The Bertz CT molecular complexity index is 697. The number of para-hydroxylation sites is 1. The van der Waals surface area contributed by atoms with Gasteiger partial charge in [-0.2, -0.15) is 4.68 Å². The largest absolute Gasteiger partial charge is 0.325 e. The number of hydrogen-bond acceptors (Lipinski definition) is 6. The number of nitrogens with two attached hydrogens (primary N) is 1. The van der Waals surface area contributed by atoms with Gasteiger partial charge in [0.15, 0.2) is 0 Å². The van der Waals surface area contributed by atoms with Crippen molar-refractivity contribution < 1.29 is 0 Å². The summed E-state index contributed by atoms with van der Waals surface area (Å²) >= 11 is 1.48. The molecule has 2 heterocycles. The van der Waals surface area contributed by atoms with E-state index in [0.29, 0.717) is 11.7 Å². The molecule has 2 aromatic heterocycles. The SMILES string of the molecule is NCc1cc(Sc2nnnn2-c2ccccc2)ccn1. The third-order valence-corrected chi connectivity index (χ3v) is 3.57. The number of nitrogens with zero attached hydrogens (tertiary/aromatic N) is 5. The molecule has 3 aromatic rings. The van der Waals surface area contributed by atoms with Crippen molar-refractivity contribution in [3.8, 4) is 5.69 Å². The number of rotatable bonds is 4. The summed E-state index contributed by atoms with van der Waals surface area (Å²) < 4.78 is 1.70. The molecule has 0 saturated heterocycles. The van der Waals surface area contributed by atoms with Crippen LogP contribution in [0.5, 0.6) is 0 Å². The van der Waals surface area contributed by atoms with Crippen molar-refractivity contribution in [3.05, 3.63) is 54.4 Å². The monoisotopic (exact) mass is 284 g/mol. The van der Waals surface area contributed by atoms with Gasteiger partial charge in [-0.1, -0.05) is 18.2 Å². The summed E-state index contributed by atoms with van der Waals surface area (Å²) in [6, 6.07) is 13.6. The molecule has 0 unspecified atom stereocenters. The summed E-state index contributed by atoms with van der Waals surface area (Å²) in [5.41, 5.74) is 7.36. The molecule has 0 atom stereocenters. The Morgan fingerprint density at radius 3 is 2.80 bits per heavy atom. The molecule has 0 fully saturated rings. The van der Waals surface area contributed by atoms with Crippen molar-refractivity contribution in [2.24, 2.45) is 5.73 Å². The molecule has 0 bridgehead atoms. The van der Waals surface area contributed by atoms with Crippen molar-refractivity contribution in [2.45, 2.75) is 16.6 Å². The third kappa shape index (κ3) is 2.68. The van der Waals surface area contributed by atoms with E-state index in [4.69, 9.17) is 5.73 Å². The van der Waals surface area contributed by atoms with Crippen LogP contribution in [0.25, 0.3) is 5.69 Å². The van der Waals surface area contributed by atoms with Gasteiger partial charge in [0.1, 0.15) is 0 Å². The van der Waals surface area contributed by atoms with Crippen molar-refractivity contribution >= 4 is 11.8 Å². The van der Waals surface area contributed by atoms with Gasteiger partial charge in [0.2, 0.25) is 5.16 Å². The molecule has 0 amide bonds. The molecule has 1 aromatic carbocycles. The van der Waals surface area contributed by atoms with Gasteiger partial charge in [0.25, 0.3) is 0 Å². The number of hydrogen-bond donors (Lipinski definition) is 1. The zero-order valence-corrected chi connectivity index (χ0v) is 11.4. The molecule has 2 N–H and O–H groups in total. The fourth-order valence-corrected chi connectivity index (χ4v) is 2.55. The second-order valence-electron chi connectivity index (χ2n) is 4.00. The lowest BCUT2D eigenvalue weighted by Gasteiger charge is -2.04. The molecule has 20 heavy (non-hydrogen) atoms. The molecule has 0 spiro atoms. The quantitative estimate of drug-likeness (QED) is 0.784. The highest BCUT2D eigenvalue weighted by Crippen LogP contribution is 2.26. The molecule has 3 rings (SSSR count). The van der Waals surface area contributed by atoms with Gasteiger partial charge in [0, 0.05) is 17.6 Å². The van der Waals surface area contributed by atoms with E-state index in [-0.39, 0.29) is 0 Å². The van der Waals surface area contributed by atoms with E-state index in [1.54, 1.807) is 10.9 Å². The Labute approximate surface area is 120 Å². The lowest BCUT2D eigenvalue weighted by atomic mass is 10.3. The summed E-state index contributed by atoms with van der Waals surface area (Å²) in [7, 11) is 0. The minimum atomic E-state index is 0.415. The molecule has 0 radical (unpaired) electrons. The number of pyridine rings is 1. The molecule has 0 aliphatic rings. The smallest absolute Gasteiger partial charge is 0.218 e. The molecule has 6 nitrogen and oxygen atoms in total. The van der Waals surface area contributed by atoms with Crippen molar-refractivity contribution in [1.82, 2.24) is 25.2 Å². The van der Waals surface area contributed by atoms with Crippen LogP contribution in [-0.4, -0.2) is 25.2 Å². The van der Waals surface area contributed by atoms with E-state index in [2.05, 4.69) is 20.5 Å². The van der Waals surface area contributed by atoms with Crippen molar-refractivity contribution in [2.75, 3.05) is 0 Å². The van der Waals surface area contributed by atoms with E-state index >= 15 is 0 Å². The first-order valence-electron chi connectivity index (χ1n) is 6.03. The van der Waals surface area contributed by atoms with E-state index in [1.807, 2.05) is 42.5 Å². The number of benzene rings is 1. The molecule has 7 heteroatoms. The fourth-order valence-electron chi connectivity index (χ4n) is 1.71. The van der Waals surface area contributed by atoms with Crippen LogP contribution in [0.2, 0.25) is 0 Å². The van der Waals surface area contributed by atoms with Gasteiger partial charge >= 0.3 is 0 Å². The predicted molar refractivity (Wildman–Crippen MR) is 75.4 cm³/mol. The summed E-state index contributed by atoms with van der Waals surface area (Å²) in [4.78, 5) is 5.18. The average molecular weight is 284 g/mol. The van der Waals surface area contributed by atoms with Crippen molar-refractivity contribution in [3.63, 3.8) is 0 Å². The lowest BCUT2D eigenvalue weighted by molar-refractivity contribution is 0.756. The molecule has 0 aliphatic heterocycles. The molecular formula is C13H12N6S. The van der Waals surface area contributed by atoms with Gasteiger partial charge in [-0.05, 0) is 46.5 Å². The van der Waals surface area contributed by atoms with E-state index in [0.717, 1.165) is 16.3 Å². The van der Waals surface area contributed by atoms with E-state index in [9.17, 15) is 0 Å². The molecule has 0 saturated carbocycles. The van der Waals surface area contributed by atoms with Crippen LogP contribution in [0.1, 0.15) is 5.69 Å². The van der Waals surface area contributed by atoms with Crippen LogP contribution >= 0.6 is 11.8 Å². The summed E-state index contributed by atoms with van der Waals surface area (Å²) in [6.07, 6.45) is 1.74. The van der Waals surface area contributed by atoms with Gasteiger partial charge in [-0.15, -0.1) is 5.10 Å². The summed E-state index contributed by atoms with van der Waals surface area (Å²) in [5, 5.41) is 12.5. The predicted octanol–water partition coefficient (Wildman–Crippen LogP) is 1.67. The van der Waals surface area contributed by atoms with Crippen LogP contribution < -0.4 is 5.73 Å². The first-order valence-corrected chi connectivity index (χ1v) is 6.85. The van der Waals surface area contributed by atoms with E-state index in [1.165, 1.54) is 11.8 Å². The van der Waals surface area contributed by atoms with Crippen molar-refractivity contribution in [1.29, 1.82) is 0 Å². The lowest BCUT2D eigenvalue weighted by Crippen LogP contribution is -2.00. The first-order chi connectivity index (χ1) is 9.86. The number of tetrazole rings is 1.